The van der Waals surface area contributed by atoms with Gasteiger partial charge in [-0.15, -0.1) is 0 Å². The van der Waals surface area contributed by atoms with Crippen LogP contribution in [0.1, 0.15) is 38.5 Å². The number of carboxylic acid groups (broad SMARTS) is 1. The molecule has 0 aromatic rings. The lowest BCUT2D eigenvalue weighted by atomic mass is 9.89. The normalized spacial score (nSPS) is 31.2. The first-order chi connectivity index (χ1) is 8.91. The zero-order valence-corrected chi connectivity index (χ0v) is 12.2. The third-order valence-electron chi connectivity index (χ3n) is 4.62. The molecule has 1 aliphatic heterocycles. The Morgan fingerprint density at radius 1 is 1.00 bits per heavy atom. The molecule has 0 unspecified atom stereocenters. The van der Waals surface area contributed by atoms with Gasteiger partial charge in [0.1, 0.15) is 0 Å². The molecule has 1 N–H and O–H groups in total. The van der Waals surface area contributed by atoms with E-state index in [0.29, 0.717) is 25.7 Å². The van der Waals surface area contributed by atoms with Crippen LogP contribution in [0.25, 0.3) is 0 Å². The molecule has 6 heteroatoms. The predicted molar refractivity (Wildman–Crippen MR) is 72.8 cm³/mol. The molecule has 0 atom stereocenters. The predicted octanol–water partition coefficient (Wildman–Crippen LogP) is 1.14. The van der Waals surface area contributed by atoms with E-state index in [4.69, 9.17) is 5.11 Å². The number of hydrogen-bond donors (Lipinski definition) is 1. The van der Waals surface area contributed by atoms with Gasteiger partial charge in [0.05, 0.1) is 16.4 Å². The van der Waals surface area contributed by atoms with Gasteiger partial charge in [-0.25, -0.2) is 8.42 Å². The molecule has 1 saturated heterocycles. The molecule has 0 spiro atoms. The van der Waals surface area contributed by atoms with Crippen LogP contribution in [0.4, 0.5) is 0 Å². The number of rotatable bonds is 3. The monoisotopic (exact) mass is 289 g/mol. The van der Waals surface area contributed by atoms with Crippen molar-refractivity contribution in [2.24, 2.45) is 5.92 Å². The van der Waals surface area contributed by atoms with Gasteiger partial charge in [-0.3, -0.25) is 4.79 Å². The summed E-state index contributed by atoms with van der Waals surface area (Å²) in [5.74, 6) is -1.13. The highest BCUT2D eigenvalue weighted by molar-refractivity contribution is 7.92. The van der Waals surface area contributed by atoms with E-state index in [2.05, 4.69) is 4.90 Å². The molecule has 0 radical (unpaired) electrons. The molecule has 1 aliphatic carbocycles. The van der Waals surface area contributed by atoms with Crippen molar-refractivity contribution in [3.05, 3.63) is 0 Å². The number of likely N-dealkylation sites (tertiary alicyclic amines) is 1. The van der Waals surface area contributed by atoms with Crippen LogP contribution in [0.3, 0.4) is 0 Å². The highest BCUT2D eigenvalue weighted by Gasteiger charge is 2.38. The first-order valence-electron chi connectivity index (χ1n) is 7.05. The van der Waals surface area contributed by atoms with E-state index in [1.807, 2.05) is 7.05 Å². The third kappa shape index (κ3) is 3.28. The maximum atomic E-state index is 12.6. The summed E-state index contributed by atoms with van der Waals surface area (Å²) in [7, 11) is -1.06. The lowest BCUT2D eigenvalue weighted by Gasteiger charge is -2.33. The van der Waals surface area contributed by atoms with Crippen LogP contribution in [-0.2, 0) is 14.6 Å². The van der Waals surface area contributed by atoms with Gasteiger partial charge in [-0.2, -0.15) is 0 Å². The molecule has 0 aromatic carbocycles. The van der Waals surface area contributed by atoms with Crippen molar-refractivity contribution < 1.29 is 18.3 Å². The van der Waals surface area contributed by atoms with E-state index in [1.165, 1.54) is 0 Å². The maximum absolute atomic E-state index is 12.6. The maximum Gasteiger partial charge on any atom is 0.306 e. The summed E-state index contributed by atoms with van der Waals surface area (Å²) in [6.45, 7) is 1.68. The standard InChI is InChI=1S/C13H23NO4S/c1-14-8-6-12(7-9-14)19(17,18)11-4-2-10(3-5-11)13(15)16/h10-12H,2-9H2,1H3,(H,15,16). The zero-order valence-electron chi connectivity index (χ0n) is 11.4. The Labute approximate surface area is 114 Å². The van der Waals surface area contributed by atoms with Crippen LogP contribution >= 0.6 is 0 Å². The number of carbonyl (C=O) groups is 1. The first kappa shape index (κ1) is 14.8. The molecular formula is C13H23NO4S. The van der Waals surface area contributed by atoms with E-state index in [9.17, 15) is 13.2 Å². The van der Waals surface area contributed by atoms with Crippen LogP contribution in [-0.4, -0.2) is 55.0 Å². The van der Waals surface area contributed by atoms with Crippen molar-refractivity contribution in [1.29, 1.82) is 0 Å². The molecule has 1 heterocycles. The number of piperidine rings is 1. The van der Waals surface area contributed by atoms with Crippen molar-refractivity contribution >= 4 is 15.8 Å². The molecule has 5 nitrogen and oxygen atoms in total. The number of nitrogens with zero attached hydrogens (tertiary/aromatic N) is 1. The van der Waals surface area contributed by atoms with E-state index in [0.717, 1.165) is 25.9 Å². The van der Waals surface area contributed by atoms with Crippen LogP contribution < -0.4 is 0 Å². The van der Waals surface area contributed by atoms with Gasteiger partial charge in [-0.1, -0.05) is 0 Å². The minimum atomic E-state index is -3.08. The third-order valence-corrected chi connectivity index (χ3v) is 7.42. The highest BCUT2D eigenvalue weighted by atomic mass is 32.2. The molecule has 1 saturated carbocycles. The second-order valence-corrected chi connectivity index (χ2v) is 8.41. The summed E-state index contributed by atoms with van der Waals surface area (Å²) in [5, 5.41) is 8.43. The van der Waals surface area contributed by atoms with Gasteiger partial charge >= 0.3 is 5.97 Å². The summed E-state index contributed by atoms with van der Waals surface area (Å²) >= 11 is 0. The van der Waals surface area contributed by atoms with Gasteiger partial charge in [-0.05, 0) is 58.7 Å². The van der Waals surface area contributed by atoms with Crippen LogP contribution in [0.5, 0.6) is 0 Å². The van der Waals surface area contributed by atoms with Gasteiger partial charge < -0.3 is 10.0 Å². The fourth-order valence-electron chi connectivity index (χ4n) is 3.22. The first-order valence-corrected chi connectivity index (χ1v) is 8.66. The van der Waals surface area contributed by atoms with E-state index in [1.54, 1.807) is 0 Å². The van der Waals surface area contributed by atoms with Crippen molar-refractivity contribution in [3.63, 3.8) is 0 Å². The molecule has 110 valence electrons. The molecule has 0 bridgehead atoms. The zero-order chi connectivity index (χ0) is 14.0. The summed E-state index contributed by atoms with van der Waals surface area (Å²) in [5.41, 5.74) is 0. The highest BCUT2D eigenvalue weighted by Crippen LogP contribution is 2.32. The van der Waals surface area contributed by atoms with Crippen LogP contribution in [0, 0.1) is 5.92 Å². The summed E-state index contributed by atoms with van der Waals surface area (Å²) < 4.78 is 25.1. The fourth-order valence-corrected chi connectivity index (χ4v) is 5.57. The van der Waals surface area contributed by atoms with E-state index < -0.39 is 15.8 Å². The van der Waals surface area contributed by atoms with Gasteiger partial charge in [0, 0.05) is 0 Å². The smallest absolute Gasteiger partial charge is 0.306 e. The van der Waals surface area contributed by atoms with E-state index >= 15 is 0 Å². The van der Waals surface area contributed by atoms with Crippen molar-refractivity contribution in [1.82, 2.24) is 4.90 Å². The second kappa shape index (κ2) is 5.79. The van der Waals surface area contributed by atoms with Gasteiger partial charge in [0.2, 0.25) is 0 Å². The Morgan fingerprint density at radius 3 is 1.95 bits per heavy atom. The summed E-state index contributed by atoms with van der Waals surface area (Å²) in [6, 6.07) is 0. The quantitative estimate of drug-likeness (QED) is 0.843. The molecule has 0 aromatic heterocycles. The average Bonchev–Trinajstić information content (AvgIpc) is 2.39. The second-order valence-electron chi connectivity index (χ2n) is 5.90. The Bertz CT molecular complexity index is 418. The Kier molecular flexibility index (Phi) is 4.50. The minimum absolute atomic E-state index is 0.213. The minimum Gasteiger partial charge on any atom is -0.481 e. The van der Waals surface area contributed by atoms with Crippen molar-refractivity contribution in [3.8, 4) is 0 Å². The average molecular weight is 289 g/mol. The lowest BCUT2D eigenvalue weighted by molar-refractivity contribution is -0.142. The Balaban J connectivity index is 1.96. The van der Waals surface area contributed by atoms with Crippen molar-refractivity contribution in [2.45, 2.75) is 49.0 Å². The number of carboxylic acids is 1. The summed E-state index contributed by atoms with van der Waals surface area (Å²) in [6.07, 6.45) is 3.49. The fraction of sp³-hybridized carbons (Fsp3) is 0.923. The lowest BCUT2D eigenvalue weighted by Crippen LogP contribution is -2.42. The Hall–Kier alpha value is -0.620. The molecule has 19 heavy (non-hydrogen) atoms. The Morgan fingerprint density at radius 2 is 1.47 bits per heavy atom. The van der Waals surface area contributed by atoms with Crippen LogP contribution in [0.2, 0.25) is 0 Å². The molecule has 2 fully saturated rings. The SMILES string of the molecule is CN1CCC(S(=O)(=O)C2CCC(C(=O)O)CC2)CC1. The molecule has 2 aliphatic rings. The van der Waals surface area contributed by atoms with Crippen molar-refractivity contribution in [2.75, 3.05) is 20.1 Å². The number of hydrogen-bond acceptors (Lipinski definition) is 4. The summed E-state index contributed by atoms with van der Waals surface area (Å²) in [4.78, 5) is 13.1. The molecule has 2 rings (SSSR count). The molecular weight excluding hydrogens is 266 g/mol. The molecule has 0 amide bonds. The van der Waals surface area contributed by atoms with Gasteiger partial charge in [0.15, 0.2) is 9.84 Å². The van der Waals surface area contributed by atoms with E-state index in [-0.39, 0.29) is 16.4 Å². The van der Waals surface area contributed by atoms with Gasteiger partial charge in [0.25, 0.3) is 0 Å². The number of sulfone groups is 1. The topological polar surface area (TPSA) is 74.7 Å². The largest absolute Gasteiger partial charge is 0.481 e. The van der Waals surface area contributed by atoms with Crippen LogP contribution in [0.15, 0.2) is 0 Å². The number of aliphatic carboxylic acids is 1.